The number of guanidine groups is 2. The zero-order chi connectivity index (χ0) is 26.0. The van der Waals surface area contributed by atoms with Gasteiger partial charge in [-0.1, -0.05) is 23.7 Å². The van der Waals surface area contributed by atoms with Crippen molar-refractivity contribution in [1.29, 1.82) is 0 Å². The van der Waals surface area contributed by atoms with E-state index in [0.29, 0.717) is 18.5 Å². The monoisotopic (exact) mass is 523 g/mol. The number of carbonyl (C=O) groups excluding carboxylic acids is 2. The number of hydrogen-bond acceptors (Lipinski definition) is 8. The van der Waals surface area contributed by atoms with Crippen LogP contribution in [0.2, 0.25) is 5.15 Å². The molecule has 0 unspecified atom stereocenters. The summed E-state index contributed by atoms with van der Waals surface area (Å²) < 4.78 is 1.03. The predicted molar refractivity (Wildman–Crippen MR) is 137 cm³/mol. The van der Waals surface area contributed by atoms with Gasteiger partial charge in [0.1, 0.15) is 0 Å². The van der Waals surface area contributed by atoms with Crippen molar-refractivity contribution < 1.29 is 9.59 Å². The highest BCUT2D eigenvalue weighted by Crippen LogP contribution is 2.17. The summed E-state index contributed by atoms with van der Waals surface area (Å²) in [5.41, 5.74) is 28.7. The Morgan fingerprint density at radius 2 is 1.66 bits per heavy atom. The summed E-state index contributed by atoms with van der Waals surface area (Å²) in [6.07, 6.45) is 2.29. The van der Waals surface area contributed by atoms with Crippen molar-refractivity contribution >= 4 is 58.7 Å². The van der Waals surface area contributed by atoms with E-state index in [1.165, 1.54) is 0 Å². The summed E-state index contributed by atoms with van der Waals surface area (Å²) in [4.78, 5) is 40.0. The van der Waals surface area contributed by atoms with Gasteiger partial charge in [0, 0.05) is 23.9 Å². The number of aliphatic imine (C=N–C) groups is 2. The lowest BCUT2D eigenvalue weighted by atomic mass is 10.1. The molecule has 1 heterocycles. The van der Waals surface area contributed by atoms with Gasteiger partial charge < -0.3 is 28.7 Å². The molecule has 0 atom stereocenters. The number of aromatic nitrogens is 2. The van der Waals surface area contributed by atoms with Gasteiger partial charge in [0.15, 0.2) is 34.4 Å². The zero-order valence-corrected chi connectivity index (χ0v) is 20.3. The Bertz CT molecular complexity index is 1100. The molecule has 11 N–H and O–H groups in total. The van der Waals surface area contributed by atoms with E-state index in [-0.39, 0.29) is 53.4 Å². The third-order valence-corrected chi connectivity index (χ3v) is 5.13. The molecular weight excluding hydrogens is 497 g/mol. The van der Waals surface area contributed by atoms with Crippen LogP contribution in [0.3, 0.4) is 0 Å². The van der Waals surface area contributed by atoms with E-state index in [0.717, 1.165) is 22.8 Å². The maximum absolute atomic E-state index is 12.3. The van der Waals surface area contributed by atoms with Crippen molar-refractivity contribution in [2.75, 3.05) is 31.1 Å². The second-order valence-electron chi connectivity index (χ2n) is 7.21. The number of nitrogens with zero attached hydrogens (tertiary/aromatic N) is 5. The molecular formula is C20H27Cl2N11O2. The van der Waals surface area contributed by atoms with Crippen molar-refractivity contribution in [2.45, 2.75) is 19.3 Å². The molecule has 0 spiro atoms. The Morgan fingerprint density at radius 1 is 0.971 bits per heavy atom. The lowest BCUT2D eigenvalue weighted by Crippen LogP contribution is -2.38. The lowest BCUT2D eigenvalue weighted by molar-refractivity contribution is 0.0865. The van der Waals surface area contributed by atoms with E-state index < -0.39 is 5.91 Å². The largest absolute Gasteiger partial charge is 0.382 e. The average molecular weight is 524 g/mol. The minimum Gasteiger partial charge on any atom is -0.382 e. The first kappa shape index (κ1) is 27.4. The number of benzene rings is 1. The van der Waals surface area contributed by atoms with Crippen molar-refractivity contribution in [3.63, 3.8) is 0 Å². The number of anilines is 2. The third-order valence-electron chi connectivity index (χ3n) is 4.53. The van der Waals surface area contributed by atoms with Crippen LogP contribution in [0.5, 0.6) is 0 Å². The van der Waals surface area contributed by atoms with Crippen molar-refractivity contribution in [2.24, 2.45) is 27.2 Å². The van der Waals surface area contributed by atoms with Gasteiger partial charge in [-0.25, -0.2) is 14.4 Å². The number of nitrogens with one attached hydrogen (secondary N) is 1. The molecule has 35 heavy (non-hydrogen) atoms. The first-order valence-corrected chi connectivity index (χ1v) is 11.1. The van der Waals surface area contributed by atoms with Gasteiger partial charge in [0.05, 0.1) is 13.1 Å². The molecule has 0 aliphatic rings. The standard InChI is InChI=1S/C20H27Cl2N11O2/c21-14-16(24)31-15(23)13(30-14)17(34)32-20(27)29-8-2-1-3-11-4-6-12(7-5-11)18(35)33(22)10-9-28-19(25)26/h4-7H,1-3,8-10H2,(H4,23,24,31)(H4,25,26,28)(H3,27,29,32,34). The Labute approximate surface area is 211 Å². The van der Waals surface area contributed by atoms with Crippen LogP contribution in [-0.2, 0) is 6.42 Å². The van der Waals surface area contributed by atoms with Crippen molar-refractivity contribution in [3.8, 4) is 0 Å². The van der Waals surface area contributed by atoms with E-state index in [2.05, 4.69) is 25.3 Å². The topological polar surface area (TPSA) is 230 Å². The summed E-state index contributed by atoms with van der Waals surface area (Å²) in [7, 11) is 0. The highest BCUT2D eigenvalue weighted by molar-refractivity contribution is 6.31. The van der Waals surface area contributed by atoms with E-state index in [9.17, 15) is 9.59 Å². The molecule has 2 rings (SSSR count). The number of nitrogens with two attached hydrogens (primary N) is 5. The molecule has 13 nitrogen and oxygen atoms in total. The number of aryl methyl sites for hydroxylation is 1. The summed E-state index contributed by atoms with van der Waals surface area (Å²) in [6, 6.07) is 7.12. The van der Waals surface area contributed by atoms with Crippen molar-refractivity contribution in [1.82, 2.24) is 19.7 Å². The number of amides is 2. The Morgan fingerprint density at radius 3 is 2.31 bits per heavy atom. The molecule has 1 aromatic heterocycles. The molecule has 0 fully saturated rings. The van der Waals surface area contributed by atoms with Crippen LogP contribution in [0.4, 0.5) is 11.6 Å². The summed E-state index contributed by atoms with van der Waals surface area (Å²) >= 11 is 11.7. The molecule has 1 aromatic carbocycles. The summed E-state index contributed by atoms with van der Waals surface area (Å²) in [5.74, 6) is -1.44. The summed E-state index contributed by atoms with van der Waals surface area (Å²) in [6.45, 7) is 0.784. The molecule has 0 aliphatic carbocycles. The molecule has 2 aromatic rings. The van der Waals surface area contributed by atoms with Crippen LogP contribution in [0.1, 0.15) is 39.3 Å². The minimum absolute atomic E-state index is 0.0615. The number of rotatable bonds is 10. The highest BCUT2D eigenvalue weighted by atomic mass is 35.5. The van der Waals surface area contributed by atoms with Gasteiger partial charge in [-0.05, 0) is 37.0 Å². The fourth-order valence-electron chi connectivity index (χ4n) is 2.79. The number of nitrogen functional groups attached to an aromatic ring is 2. The number of halogens is 2. The SMILES string of the molecule is NC(N)=NCCN(Cl)C(=O)c1ccc(CCCCN=C(N)NC(=O)c2nc(Cl)c(N)nc2N)cc1. The lowest BCUT2D eigenvalue weighted by Gasteiger charge is -2.13. The summed E-state index contributed by atoms with van der Waals surface area (Å²) in [5, 5.41) is 2.24. The Kier molecular flexibility index (Phi) is 10.3. The van der Waals surface area contributed by atoms with E-state index >= 15 is 0 Å². The van der Waals surface area contributed by atoms with Gasteiger partial charge >= 0.3 is 0 Å². The Hall–Kier alpha value is -3.84. The smallest absolute Gasteiger partial charge is 0.280 e. The molecule has 188 valence electrons. The van der Waals surface area contributed by atoms with Crippen LogP contribution in [0.25, 0.3) is 0 Å². The molecule has 2 amide bonds. The first-order chi connectivity index (χ1) is 16.6. The molecule has 15 heteroatoms. The van der Waals surface area contributed by atoms with Crippen LogP contribution in [0, 0.1) is 0 Å². The van der Waals surface area contributed by atoms with Gasteiger partial charge in [-0.3, -0.25) is 24.9 Å². The highest BCUT2D eigenvalue weighted by Gasteiger charge is 2.16. The molecule has 0 radical (unpaired) electrons. The van der Waals surface area contributed by atoms with E-state index in [1.54, 1.807) is 12.1 Å². The van der Waals surface area contributed by atoms with Crippen molar-refractivity contribution in [3.05, 3.63) is 46.2 Å². The zero-order valence-electron chi connectivity index (χ0n) is 18.7. The quantitative estimate of drug-likeness (QED) is 0.108. The Balaban J connectivity index is 1.76. The van der Waals surface area contributed by atoms with Crippen LogP contribution in [0.15, 0.2) is 34.3 Å². The van der Waals surface area contributed by atoms with Gasteiger partial charge in [0.25, 0.3) is 11.8 Å². The third kappa shape index (κ3) is 8.79. The number of hydrogen-bond donors (Lipinski definition) is 6. The maximum atomic E-state index is 12.3. The van der Waals surface area contributed by atoms with Gasteiger partial charge in [-0.15, -0.1) is 0 Å². The molecule has 0 bridgehead atoms. The maximum Gasteiger partial charge on any atom is 0.280 e. The van der Waals surface area contributed by atoms with Crippen LogP contribution < -0.4 is 34.0 Å². The fraction of sp³-hybridized carbons (Fsp3) is 0.300. The van der Waals surface area contributed by atoms with E-state index in [1.807, 2.05) is 12.1 Å². The van der Waals surface area contributed by atoms with Crippen LogP contribution in [-0.4, -0.2) is 57.8 Å². The second-order valence-corrected chi connectivity index (χ2v) is 7.97. The fourth-order valence-corrected chi connectivity index (χ4v) is 3.09. The minimum atomic E-state index is -0.695. The number of unbranched alkanes of at least 4 members (excludes halogenated alkanes) is 1. The van der Waals surface area contributed by atoms with Crippen LogP contribution >= 0.6 is 23.4 Å². The molecule has 0 aliphatic heterocycles. The second kappa shape index (κ2) is 13.2. The predicted octanol–water partition coefficient (Wildman–Crippen LogP) is 0.231. The van der Waals surface area contributed by atoms with E-state index in [4.69, 9.17) is 52.0 Å². The number of carbonyl (C=O) groups is 2. The normalized spacial score (nSPS) is 11.1. The molecule has 0 saturated carbocycles. The average Bonchev–Trinajstić information content (AvgIpc) is 2.80. The van der Waals surface area contributed by atoms with Gasteiger partial charge in [0.2, 0.25) is 0 Å². The van der Waals surface area contributed by atoms with Gasteiger partial charge in [-0.2, -0.15) is 0 Å². The molecule has 0 saturated heterocycles. The first-order valence-electron chi connectivity index (χ1n) is 10.4.